The van der Waals surface area contributed by atoms with E-state index in [0.717, 1.165) is 38.5 Å². The molecule has 1 aromatic carbocycles. The van der Waals surface area contributed by atoms with Gasteiger partial charge in [0.05, 0.1) is 21.0 Å². The van der Waals surface area contributed by atoms with Crippen LogP contribution >= 0.6 is 24.0 Å². The third-order valence-electron chi connectivity index (χ3n) is 5.24. The fourth-order valence-corrected chi connectivity index (χ4v) is 5.14. The van der Waals surface area contributed by atoms with E-state index < -0.39 is 15.6 Å². The van der Waals surface area contributed by atoms with Crippen molar-refractivity contribution in [3.8, 4) is 11.5 Å². The fourth-order valence-electron chi connectivity index (χ4n) is 3.40. The molecule has 1 aliphatic heterocycles. The second kappa shape index (κ2) is 7.67. The largest absolute Gasteiger partial charge is 0.334 e. The summed E-state index contributed by atoms with van der Waals surface area (Å²) in [6.45, 7) is 1.08. The number of piperidine rings is 1. The summed E-state index contributed by atoms with van der Waals surface area (Å²) >= 11 is 6.27. The normalized spacial score (nSPS) is 19.9. The van der Waals surface area contributed by atoms with Crippen LogP contribution in [-0.4, -0.2) is 36.0 Å². The number of rotatable bonds is 4. The monoisotopic (exact) mass is 432 g/mol. The standard InChI is InChI=1S/C17H21ClN4O3S.ClH/c18-14-6-5-12(26(23,24)22-9-2-1-3-10-22)11-13(14)15-20-16(21-25-15)17(19)7-4-8-17;/h5-6,11H,1-4,7-10,19H2;1H. The highest BCUT2D eigenvalue weighted by atomic mass is 35.5. The van der Waals surface area contributed by atoms with Crippen LogP contribution in [0.4, 0.5) is 0 Å². The maximum Gasteiger partial charge on any atom is 0.259 e. The maximum absolute atomic E-state index is 12.9. The Morgan fingerprint density at radius 3 is 2.48 bits per heavy atom. The molecule has 10 heteroatoms. The molecule has 0 amide bonds. The van der Waals surface area contributed by atoms with Gasteiger partial charge in [-0.3, -0.25) is 0 Å². The van der Waals surface area contributed by atoms with E-state index in [1.807, 2.05) is 0 Å². The second-order valence-electron chi connectivity index (χ2n) is 7.04. The van der Waals surface area contributed by atoms with Crippen LogP contribution in [0.5, 0.6) is 0 Å². The Labute approximate surface area is 169 Å². The van der Waals surface area contributed by atoms with Crippen molar-refractivity contribution in [3.63, 3.8) is 0 Å². The van der Waals surface area contributed by atoms with Gasteiger partial charge in [0.15, 0.2) is 5.82 Å². The molecule has 0 bridgehead atoms. The van der Waals surface area contributed by atoms with Crippen molar-refractivity contribution < 1.29 is 12.9 Å². The first-order valence-electron chi connectivity index (χ1n) is 8.83. The Kier molecular flexibility index (Phi) is 5.84. The number of benzene rings is 1. The highest BCUT2D eigenvalue weighted by Crippen LogP contribution is 2.38. The average molecular weight is 433 g/mol. The zero-order valence-corrected chi connectivity index (χ0v) is 17.1. The average Bonchev–Trinajstić information content (AvgIpc) is 3.11. The summed E-state index contributed by atoms with van der Waals surface area (Å²) in [5.74, 6) is 0.636. The zero-order chi connectivity index (χ0) is 18.4. The number of halogens is 2. The summed E-state index contributed by atoms with van der Waals surface area (Å²) in [6, 6.07) is 4.58. The van der Waals surface area contributed by atoms with Gasteiger partial charge in [-0.25, -0.2) is 8.42 Å². The molecule has 4 rings (SSSR count). The molecule has 1 aromatic heterocycles. The molecule has 1 aliphatic carbocycles. The van der Waals surface area contributed by atoms with Crippen molar-refractivity contribution in [1.82, 2.24) is 14.4 Å². The van der Waals surface area contributed by atoms with Gasteiger partial charge in [0.25, 0.3) is 5.89 Å². The van der Waals surface area contributed by atoms with Crippen LogP contribution < -0.4 is 5.73 Å². The lowest BCUT2D eigenvalue weighted by atomic mass is 9.77. The minimum absolute atomic E-state index is 0. The summed E-state index contributed by atoms with van der Waals surface area (Å²) < 4.78 is 32.6. The number of nitrogens with two attached hydrogens (primary N) is 1. The van der Waals surface area contributed by atoms with Gasteiger partial charge in [0, 0.05) is 13.1 Å². The lowest BCUT2D eigenvalue weighted by molar-refractivity contribution is 0.229. The van der Waals surface area contributed by atoms with E-state index in [-0.39, 0.29) is 23.2 Å². The number of hydrogen-bond donors (Lipinski definition) is 1. The third-order valence-corrected chi connectivity index (χ3v) is 7.46. The molecule has 2 N–H and O–H groups in total. The summed E-state index contributed by atoms with van der Waals surface area (Å²) in [4.78, 5) is 4.56. The zero-order valence-electron chi connectivity index (χ0n) is 14.7. The Morgan fingerprint density at radius 2 is 1.85 bits per heavy atom. The molecule has 0 radical (unpaired) electrons. The summed E-state index contributed by atoms with van der Waals surface area (Å²) in [7, 11) is -3.56. The first kappa shape index (κ1) is 20.5. The molecular formula is C17H22Cl2N4O3S. The molecule has 2 aromatic rings. The van der Waals surface area contributed by atoms with Crippen LogP contribution in [0.3, 0.4) is 0 Å². The van der Waals surface area contributed by atoms with E-state index in [0.29, 0.717) is 29.5 Å². The van der Waals surface area contributed by atoms with Crippen LogP contribution in [0.15, 0.2) is 27.6 Å². The van der Waals surface area contributed by atoms with Crippen LogP contribution in [0, 0.1) is 0 Å². The van der Waals surface area contributed by atoms with Gasteiger partial charge in [-0.05, 0) is 50.3 Å². The molecule has 1 saturated heterocycles. The minimum atomic E-state index is -3.56. The van der Waals surface area contributed by atoms with E-state index >= 15 is 0 Å². The third kappa shape index (κ3) is 3.73. The van der Waals surface area contributed by atoms with Gasteiger partial charge < -0.3 is 10.3 Å². The van der Waals surface area contributed by atoms with Gasteiger partial charge in [0.2, 0.25) is 10.0 Å². The Hall–Kier alpha value is -1.19. The Bertz CT molecular complexity index is 922. The van der Waals surface area contributed by atoms with E-state index in [1.54, 1.807) is 6.07 Å². The van der Waals surface area contributed by atoms with Crippen molar-refractivity contribution in [2.45, 2.75) is 49.0 Å². The second-order valence-corrected chi connectivity index (χ2v) is 9.38. The number of aromatic nitrogens is 2. The molecule has 27 heavy (non-hydrogen) atoms. The smallest absolute Gasteiger partial charge is 0.259 e. The number of hydrogen-bond acceptors (Lipinski definition) is 6. The molecule has 2 fully saturated rings. The molecule has 2 heterocycles. The van der Waals surface area contributed by atoms with Gasteiger partial charge in [-0.2, -0.15) is 9.29 Å². The molecule has 7 nitrogen and oxygen atoms in total. The van der Waals surface area contributed by atoms with Crippen molar-refractivity contribution in [3.05, 3.63) is 29.0 Å². The van der Waals surface area contributed by atoms with Crippen molar-refractivity contribution in [1.29, 1.82) is 0 Å². The molecule has 2 aliphatic rings. The molecule has 0 atom stereocenters. The minimum Gasteiger partial charge on any atom is -0.334 e. The topological polar surface area (TPSA) is 102 Å². The van der Waals surface area contributed by atoms with Crippen molar-refractivity contribution in [2.24, 2.45) is 5.73 Å². The molecule has 0 spiro atoms. The van der Waals surface area contributed by atoms with Crippen LogP contribution in [-0.2, 0) is 15.6 Å². The van der Waals surface area contributed by atoms with Gasteiger partial charge >= 0.3 is 0 Å². The fraction of sp³-hybridized carbons (Fsp3) is 0.529. The highest BCUT2D eigenvalue weighted by Gasteiger charge is 2.39. The lowest BCUT2D eigenvalue weighted by Gasteiger charge is -2.34. The van der Waals surface area contributed by atoms with Crippen LogP contribution in [0.2, 0.25) is 5.02 Å². The SMILES string of the molecule is Cl.NC1(c2noc(-c3cc(S(=O)(=O)N4CCCCC4)ccc3Cl)n2)CCC1. The van der Waals surface area contributed by atoms with Crippen LogP contribution in [0.25, 0.3) is 11.5 Å². The Balaban J connectivity index is 0.00000210. The van der Waals surface area contributed by atoms with Gasteiger partial charge in [0.1, 0.15) is 0 Å². The van der Waals surface area contributed by atoms with Crippen molar-refractivity contribution in [2.75, 3.05) is 13.1 Å². The molecule has 148 valence electrons. The first-order chi connectivity index (χ1) is 12.4. The van der Waals surface area contributed by atoms with Crippen molar-refractivity contribution >= 4 is 34.0 Å². The molecule has 1 saturated carbocycles. The maximum atomic E-state index is 12.9. The summed E-state index contributed by atoms with van der Waals surface area (Å²) in [5.41, 5.74) is 6.09. The van der Waals surface area contributed by atoms with E-state index in [9.17, 15) is 8.42 Å². The molecular weight excluding hydrogens is 411 g/mol. The van der Waals surface area contributed by atoms with Crippen LogP contribution in [0.1, 0.15) is 44.3 Å². The number of nitrogens with zero attached hydrogens (tertiary/aromatic N) is 3. The lowest BCUT2D eigenvalue weighted by Crippen LogP contribution is -2.44. The highest BCUT2D eigenvalue weighted by molar-refractivity contribution is 7.89. The van der Waals surface area contributed by atoms with Gasteiger partial charge in [-0.15, -0.1) is 12.4 Å². The van der Waals surface area contributed by atoms with E-state index in [2.05, 4.69) is 10.1 Å². The summed E-state index contributed by atoms with van der Waals surface area (Å²) in [6.07, 6.45) is 5.47. The predicted octanol–water partition coefficient (Wildman–Crippen LogP) is 3.32. The molecule has 0 unspecified atom stereocenters. The van der Waals surface area contributed by atoms with Gasteiger partial charge in [-0.1, -0.05) is 23.2 Å². The first-order valence-corrected chi connectivity index (χ1v) is 10.7. The quantitative estimate of drug-likeness (QED) is 0.794. The van der Waals surface area contributed by atoms with E-state index in [4.69, 9.17) is 21.9 Å². The Morgan fingerprint density at radius 1 is 1.15 bits per heavy atom. The van der Waals surface area contributed by atoms with E-state index in [1.165, 1.54) is 16.4 Å². The predicted molar refractivity (Wildman–Crippen MR) is 104 cm³/mol. The summed E-state index contributed by atoms with van der Waals surface area (Å²) in [5, 5.41) is 4.34. The number of sulfonamides is 1.